The van der Waals surface area contributed by atoms with Gasteiger partial charge in [0.2, 0.25) is 0 Å². The van der Waals surface area contributed by atoms with E-state index in [9.17, 15) is 4.39 Å². The number of likely N-dealkylation sites (N-methyl/N-ethyl adjacent to an activating group) is 1. The van der Waals surface area contributed by atoms with Crippen molar-refractivity contribution in [1.82, 2.24) is 14.9 Å². The first-order valence-electron chi connectivity index (χ1n) is 6.58. The third-order valence-corrected chi connectivity index (χ3v) is 4.35. The quantitative estimate of drug-likeness (QED) is 0.881. The lowest BCUT2D eigenvalue weighted by Gasteiger charge is -2.15. The van der Waals surface area contributed by atoms with Crippen LogP contribution in [-0.2, 0) is 12.8 Å². The summed E-state index contributed by atoms with van der Waals surface area (Å²) in [6.45, 7) is 2.12. The normalized spacial score (nSPS) is 12.6. The number of halogens is 2. The first-order chi connectivity index (χ1) is 9.65. The Hall–Kier alpha value is -1.04. The number of nitrogens with zero attached hydrogens (tertiary/aromatic N) is 2. The van der Waals surface area contributed by atoms with E-state index in [-0.39, 0.29) is 16.9 Å². The van der Waals surface area contributed by atoms with E-state index in [2.05, 4.69) is 21.8 Å². The van der Waals surface area contributed by atoms with Crippen molar-refractivity contribution in [3.05, 3.63) is 45.2 Å². The Morgan fingerprint density at radius 3 is 2.90 bits per heavy atom. The first-order valence-corrected chi connectivity index (χ1v) is 7.73. The minimum absolute atomic E-state index is 0.0946. The molecule has 0 saturated heterocycles. The lowest BCUT2D eigenvalue weighted by molar-refractivity contribution is 0.585. The molecule has 0 amide bonds. The minimum atomic E-state index is -0.379. The maximum atomic E-state index is 13.5. The van der Waals surface area contributed by atoms with Crippen molar-refractivity contribution < 1.29 is 4.39 Å². The highest BCUT2D eigenvalue weighted by molar-refractivity contribution is 7.05. The van der Waals surface area contributed by atoms with Gasteiger partial charge in [0.25, 0.3) is 0 Å². The van der Waals surface area contributed by atoms with Crippen LogP contribution in [0.1, 0.15) is 35.5 Å². The minimum Gasteiger partial charge on any atom is -0.312 e. The average molecular weight is 314 g/mol. The van der Waals surface area contributed by atoms with Crippen LogP contribution in [0.3, 0.4) is 0 Å². The second kappa shape index (κ2) is 7.11. The highest BCUT2D eigenvalue weighted by Crippen LogP contribution is 2.26. The van der Waals surface area contributed by atoms with Gasteiger partial charge in [0.15, 0.2) is 0 Å². The molecule has 2 aromatic rings. The van der Waals surface area contributed by atoms with Crippen molar-refractivity contribution >= 4 is 23.1 Å². The molecule has 108 valence electrons. The third-order valence-electron chi connectivity index (χ3n) is 3.16. The van der Waals surface area contributed by atoms with E-state index in [0.717, 1.165) is 29.0 Å². The van der Waals surface area contributed by atoms with Gasteiger partial charge in [-0.2, -0.15) is 0 Å². The molecule has 2 rings (SSSR count). The van der Waals surface area contributed by atoms with E-state index in [1.165, 1.54) is 17.6 Å². The zero-order valence-electron chi connectivity index (χ0n) is 11.5. The number of hydrogen-bond acceptors (Lipinski definition) is 4. The standard InChI is InChI=1S/C14H17ClFN3S/c1-3-4-12-14(20-19-18-12)13(17-2)8-9-5-6-10(15)11(16)7-9/h5-7,13,17H,3-4,8H2,1-2H3. The van der Waals surface area contributed by atoms with E-state index in [4.69, 9.17) is 11.6 Å². The van der Waals surface area contributed by atoms with Crippen LogP contribution in [0.5, 0.6) is 0 Å². The number of aromatic nitrogens is 2. The monoisotopic (exact) mass is 313 g/mol. The van der Waals surface area contributed by atoms with E-state index < -0.39 is 0 Å². The van der Waals surface area contributed by atoms with E-state index in [1.807, 2.05) is 13.1 Å². The van der Waals surface area contributed by atoms with Gasteiger partial charge in [-0.05, 0) is 49.1 Å². The molecule has 1 unspecified atom stereocenters. The zero-order chi connectivity index (χ0) is 14.5. The molecule has 20 heavy (non-hydrogen) atoms. The van der Waals surface area contributed by atoms with Gasteiger partial charge in [-0.3, -0.25) is 0 Å². The zero-order valence-corrected chi connectivity index (χ0v) is 13.1. The number of rotatable bonds is 6. The van der Waals surface area contributed by atoms with Crippen molar-refractivity contribution in [1.29, 1.82) is 0 Å². The smallest absolute Gasteiger partial charge is 0.142 e. The molecule has 6 heteroatoms. The highest BCUT2D eigenvalue weighted by Gasteiger charge is 2.18. The maximum Gasteiger partial charge on any atom is 0.142 e. The summed E-state index contributed by atoms with van der Waals surface area (Å²) in [7, 11) is 1.90. The molecule has 1 heterocycles. The van der Waals surface area contributed by atoms with Crippen LogP contribution in [0.25, 0.3) is 0 Å². The topological polar surface area (TPSA) is 37.8 Å². The molecule has 0 saturated carbocycles. The van der Waals surface area contributed by atoms with Crippen LogP contribution in [0.4, 0.5) is 4.39 Å². The van der Waals surface area contributed by atoms with Gasteiger partial charge < -0.3 is 5.32 Å². The molecule has 1 aromatic heterocycles. The summed E-state index contributed by atoms with van der Waals surface area (Å²) in [5.41, 5.74) is 1.94. The highest BCUT2D eigenvalue weighted by atomic mass is 35.5. The van der Waals surface area contributed by atoms with E-state index in [0.29, 0.717) is 6.42 Å². The lowest BCUT2D eigenvalue weighted by Crippen LogP contribution is -2.19. The molecule has 0 fully saturated rings. The number of hydrogen-bond donors (Lipinski definition) is 1. The predicted octanol–water partition coefficient (Wildman–Crippen LogP) is 3.79. The van der Waals surface area contributed by atoms with Gasteiger partial charge in [0.1, 0.15) is 5.82 Å². The van der Waals surface area contributed by atoms with E-state index >= 15 is 0 Å². The van der Waals surface area contributed by atoms with E-state index in [1.54, 1.807) is 6.07 Å². The Bertz CT molecular complexity index is 573. The molecule has 0 aliphatic heterocycles. The van der Waals surface area contributed by atoms with Crippen molar-refractivity contribution in [3.8, 4) is 0 Å². The second-order valence-corrected chi connectivity index (χ2v) is 5.82. The van der Waals surface area contributed by atoms with Crippen molar-refractivity contribution in [2.45, 2.75) is 32.2 Å². The van der Waals surface area contributed by atoms with Crippen LogP contribution in [0.15, 0.2) is 18.2 Å². The lowest BCUT2D eigenvalue weighted by atomic mass is 10.0. The van der Waals surface area contributed by atoms with Gasteiger partial charge in [0, 0.05) is 6.04 Å². The molecule has 0 spiro atoms. The predicted molar refractivity (Wildman–Crippen MR) is 80.8 cm³/mol. The average Bonchev–Trinajstić information content (AvgIpc) is 2.88. The summed E-state index contributed by atoms with van der Waals surface area (Å²) in [5.74, 6) is -0.379. The number of nitrogens with one attached hydrogen (secondary N) is 1. The molecule has 1 N–H and O–H groups in total. The summed E-state index contributed by atoms with van der Waals surface area (Å²) < 4.78 is 17.5. The van der Waals surface area contributed by atoms with Crippen LogP contribution in [0, 0.1) is 5.82 Å². The van der Waals surface area contributed by atoms with Crippen molar-refractivity contribution in [2.24, 2.45) is 0 Å². The largest absolute Gasteiger partial charge is 0.312 e. The Labute approximate surface area is 127 Å². The van der Waals surface area contributed by atoms with Crippen LogP contribution in [-0.4, -0.2) is 16.6 Å². The third kappa shape index (κ3) is 3.53. The summed E-state index contributed by atoms with van der Waals surface area (Å²) in [6, 6.07) is 5.03. The fraction of sp³-hybridized carbons (Fsp3) is 0.429. The molecule has 1 aromatic carbocycles. The maximum absolute atomic E-state index is 13.5. The first kappa shape index (κ1) is 15.4. The number of aryl methyl sites for hydroxylation is 1. The summed E-state index contributed by atoms with van der Waals surface area (Å²) in [5, 5.41) is 7.60. The van der Waals surface area contributed by atoms with Gasteiger partial charge >= 0.3 is 0 Å². The second-order valence-electron chi connectivity index (χ2n) is 4.63. The summed E-state index contributed by atoms with van der Waals surface area (Å²) in [6.07, 6.45) is 2.63. The fourth-order valence-electron chi connectivity index (χ4n) is 2.12. The van der Waals surface area contributed by atoms with Crippen LogP contribution >= 0.6 is 23.1 Å². The Balaban J connectivity index is 2.19. The van der Waals surface area contributed by atoms with Gasteiger partial charge in [0.05, 0.1) is 15.6 Å². The molecule has 0 aliphatic rings. The van der Waals surface area contributed by atoms with Gasteiger partial charge in [-0.25, -0.2) is 4.39 Å². The van der Waals surface area contributed by atoms with Crippen LogP contribution in [0.2, 0.25) is 5.02 Å². The molecule has 1 atom stereocenters. The molecule has 0 aliphatic carbocycles. The van der Waals surface area contributed by atoms with Crippen LogP contribution < -0.4 is 5.32 Å². The Morgan fingerprint density at radius 1 is 1.45 bits per heavy atom. The Morgan fingerprint density at radius 2 is 2.25 bits per heavy atom. The molecular weight excluding hydrogens is 297 g/mol. The molecular formula is C14H17ClFN3S. The van der Waals surface area contributed by atoms with Crippen molar-refractivity contribution in [2.75, 3.05) is 7.05 Å². The van der Waals surface area contributed by atoms with Gasteiger partial charge in [-0.15, -0.1) is 5.10 Å². The molecule has 3 nitrogen and oxygen atoms in total. The SMILES string of the molecule is CCCc1nnsc1C(Cc1ccc(Cl)c(F)c1)NC. The molecule has 0 bridgehead atoms. The van der Waals surface area contributed by atoms with Gasteiger partial charge in [-0.1, -0.05) is 35.5 Å². The van der Waals surface area contributed by atoms with Crippen molar-refractivity contribution in [3.63, 3.8) is 0 Å². The summed E-state index contributed by atoms with van der Waals surface area (Å²) in [4.78, 5) is 1.13. The fourth-order valence-corrected chi connectivity index (χ4v) is 3.04. The molecule has 0 radical (unpaired) electrons. The number of benzene rings is 1. The summed E-state index contributed by atoms with van der Waals surface area (Å²) >= 11 is 7.11. The Kier molecular flexibility index (Phi) is 5.46.